The molecule has 1 aromatic heterocycles. The van der Waals surface area contributed by atoms with E-state index < -0.39 is 0 Å². The van der Waals surface area contributed by atoms with E-state index in [-0.39, 0.29) is 5.82 Å². The predicted octanol–water partition coefficient (Wildman–Crippen LogP) is 2.28. The molecular formula is C11H11FN2. The van der Waals surface area contributed by atoms with Crippen molar-refractivity contribution in [3.63, 3.8) is 0 Å². The molecule has 0 spiro atoms. The summed E-state index contributed by atoms with van der Waals surface area (Å²) < 4.78 is 12.6. The first-order chi connectivity index (χ1) is 6.79. The molecule has 0 atom stereocenters. The van der Waals surface area contributed by atoms with Crippen LogP contribution in [0.15, 0.2) is 36.4 Å². The van der Waals surface area contributed by atoms with Gasteiger partial charge in [0.1, 0.15) is 5.82 Å². The third-order valence-corrected chi connectivity index (χ3v) is 2.12. The molecule has 2 rings (SSSR count). The van der Waals surface area contributed by atoms with Gasteiger partial charge in [-0.25, -0.2) is 4.39 Å². The van der Waals surface area contributed by atoms with Crippen molar-refractivity contribution in [2.75, 3.05) is 0 Å². The number of hydrogen-bond acceptors (Lipinski definition) is 1. The first-order valence-corrected chi connectivity index (χ1v) is 4.43. The Kier molecular flexibility index (Phi) is 2.33. The van der Waals surface area contributed by atoms with Crippen LogP contribution >= 0.6 is 0 Å². The lowest BCUT2D eigenvalue weighted by Gasteiger charge is -1.97. The summed E-state index contributed by atoms with van der Waals surface area (Å²) in [5.41, 5.74) is 8.38. The van der Waals surface area contributed by atoms with E-state index in [0.717, 1.165) is 17.0 Å². The summed E-state index contributed by atoms with van der Waals surface area (Å²) in [5, 5.41) is 0. The SMILES string of the molecule is NCc1ccc(-c2ccc(F)cc2)[nH]1. The average molecular weight is 190 g/mol. The second kappa shape index (κ2) is 3.64. The van der Waals surface area contributed by atoms with E-state index in [2.05, 4.69) is 4.98 Å². The highest BCUT2D eigenvalue weighted by Gasteiger charge is 2.00. The molecule has 0 bridgehead atoms. The molecule has 2 nitrogen and oxygen atoms in total. The Labute approximate surface area is 81.6 Å². The van der Waals surface area contributed by atoms with Gasteiger partial charge in [-0.15, -0.1) is 0 Å². The van der Waals surface area contributed by atoms with E-state index in [4.69, 9.17) is 5.73 Å². The van der Waals surface area contributed by atoms with Crippen molar-refractivity contribution >= 4 is 0 Å². The molecule has 0 amide bonds. The van der Waals surface area contributed by atoms with Gasteiger partial charge in [-0.1, -0.05) is 0 Å². The maximum atomic E-state index is 12.6. The molecule has 0 aliphatic rings. The molecule has 2 aromatic rings. The van der Waals surface area contributed by atoms with Gasteiger partial charge in [-0.3, -0.25) is 0 Å². The molecule has 72 valence electrons. The zero-order valence-electron chi connectivity index (χ0n) is 7.63. The Hall–Kier alpha value is -1.61. The van der Waals surface area contributed by atoms with Crippen molar-refractivity contribution in [2.24, 2.45) is 5.73 Å². The second-order valence-corrected chi connectivity index (χ2v) is 3.11. The fourth-order valence-corrected chi connectivity index (χ4v) is 1.36. The maximum absolute atomic E-state index is 12.6. The van der Waals surface area contributed by atoms with Crippen LogP contribution in [-0.2, 0) is 6.54 Å². The summed E-state index contributed by atoms with van der Waals surface area (Å²) in [7, 11) is 0. The minimum atomic E-state index is -0.223. The third kappa shape index (κ3) is 1.67. The molecule has 0 saturated carbocycles. The number of rotatable bonds is 2. The zero-order chi connectivity index (χ0) is 9.97. The van der Waals surface area contributed by atoms with E-state index in [9.17, 15) is 4.39 Å². The Bertz CT molecular complexity index is 417. The molecule has 14 heavy (non-hydrogen) atoms. The molecular weight excluding hydrogens is 179 g/mol. The third-order valence-electron chi connectivity index (χ3n) is 2.12. The predicted molar refractivity (Wildman–Crippen MR) is 54.1 cm³/mol. The Morgan fingerprint density at radius 3 is 2.36 bits per heavy atom. The molecule has 1 aromatic carbocycles. The van der Waals surface area contributed by atoms with Crippen molar-refractivity contribution < 1.29 is 4.39 Å². The van der Waals surface area contributed by atoms with Gasteiger partial charge < -0.3 is 10.7 Å². The molecule has 0 radical (unpaired) electrons. The number of nitrogens with two attached hydrogens (primary N) is 1. The minimum Gasteiger partial charge on any atom is -0.357 e. The van der Waals surface area contributed by atoms with Gasteiger partial charge in [-0.05, 0) is 42.0 Å². The molecule has 0 aliphatic heterocycles. The summed E-state index contributed by atoms with van der Waals surface area (Å²) >= 11 is 0. The van der Waals surface area contributed by atoms with E-state index in [1.165, 1.54) is 12.1 Å². The average Bonchev–Trinajstić information content (AvgIpc) is 2.67. The number of aromatic nitrogens is 1. The van der Waals surface area contributed by atoms with E-state index in [1.807, 2.05) is 12.1 Å². The fraction of sp³-hybridized carbons (Fsp3) is 0.0909. The molecule has 0 saturated heterocycles. The van der Waals surface area contributed by atoms with Gasteiger partial charge >= 0.3 is 0 Å². The van der Waals surface area contributed by atoms with Crippen LogP contribution in [0, 0.1) is 5.82 Å². The molecule has 1 heterocycles. The van der Waals surface area contributed by atoms with Crippen molar-refractivity contribution in [1.82, 2.24) is 4.98 Å². The standard InChI is InChI=1S/C11H11FN2/c12-9-3-1-8(2-4-9)11-6-5-10(7-13)14-11/h1-6,14H,7,13H2. The zero-order valence-corrected chi connectivity index (χ0v) is 7.63. The lowest BCUT2D eigenvalue weighted by molar-refractivity contribution is 0.628. The minimum absolute atomic E-state index is 0.223. The molecule has 3 heteroatoms. The first kappa shape index (κ1) is 8.97. The van der Waals surface area contributed by atoms with Crippen LogP contribution in [0.25, 0.3) is 11.3 Å². The number of H-pyrrole nitrogens is 1. The van der Waals surface area contributed by atoms with Crippen molar-refractivity contribution in [1.29, 1.82) is 0 Å². The maximum Gasteiger partial charge on any atom is 0.123 e. The highest BCUT2D eigenvalue weighted by Crippen LogP contribution is 2.18. The van der Waals surface area contributed by atoms with Gasteiger partial charge in [0.25, 0.3) is 0 Å². The summed E-state index contributed by atoms with van der Waals surface area (Å²) in [5.74, 6) is -0.223. The Morgan fingerprint density at radius 2 is 1.79 bits per heavy atom. The molecule has 3 N–H and O–H groups in total. The topological polar surface area (TPSA) is 41.8 Å². The highest BCUT2D eigenvalue weighted by molar-refractivity contribution is 5.59. The van der Waals surface area contributed by atoms with Gasteiger partial charge in [0.15, 0.2) is 0 Å². The normalized spacial score (nSPS) is 10.4. The number of hydrogen-bond donors (Lipinski definition) is 2. The molecule has 0 aliphatic carbocycles. The van der Waals surface area contributed by atoms with E-state index in [1.54, 1.807) is 12.1 Å². The van der Waals surface area contributed by atoms with Crippen LogP contribution in [-0.4, -0.2) is 4.98 Å². The van der Waals surface area contributed by atoms with Gasteiger partial charge in [0, 0.05) is 17.9 Å². The Morgan fingerprint density at radius 1 is 1.07 bits per heavy atom. The number of halogens is 1. The van der Waals surface area contributed by atoms with E-state index >= 15 is 0 Å². The van der Waals surface area contributed by atoms with Crippen LogP contribution in [0.1, 0.15) is 5.69 Å². The van der Waals surface area contributed by atoms with Crippen LogP contribution in [0.3, 0.4) is 0 Å². The number of nitrogens with one attached hydrogen (secondary N) is 1. The first-order valence-electron chi connectivity index (χ1n) is 4.43. The monoisotopic (exact) mass is 190 g/mol. The van der Waals surface area contributed by atoms with Crippen LogP contribution in [0.4, 0.5) is 4.39 Å². The van der Waals surface area contributed by atoms with Crippen LogP contribution in [0.2, 0.25) is 0 Å². The number of aromatic amines is 1. The van der Waals surface area contributed by atoms with E-state index in [0.29, 0.717) is 6.54 Å². The lowest BCUT2D eigenvalue weighted by atomic mass is 10.1. The largest absolute Gasteiger partial charge is 0.357 e. The summed E-state index contributed by atoms with van der Waals surface area (Å²) in [6, 6.07) is 10.2. The lowest BCUT2D eigenvalue weighted by Crippen LogP contribution is -1.95. The van der Waals surface area contributed by atoms with Crippen LogP contribution in [0.5, 0.6) is 0 Å². The number of benzene rings is 1. The van der Waals surface area contributed by atoms with Gasteiger partial charge in [0.2, 0.25) is 0 Å². The van der Waals surface area contributed by atoms with Crippen molar-refractivity contribution in [3.8, 4) is 11.3 Å². The highest BCUT2D eigenvalue weighted by atomic mass is 19.1. The van der Waals surface area contributed by atoms with Crippen molar-refractivity contribution in [3.05, 3.63) is 47.9 Å². The summed E-state index contributed by atoms with van der Waals surface area (Å²) in [6.07, 6.45) is 0. The summed E-state index contributed by atoms with van der Waals surface area (Å²) in [4.78, 5) is 3.15. The molecule has 0 fully saturated rings. The van der Waals surface area contributed by atoms with Crippen LogP contribution < -0.4 is 5.73 Å². The Balaban J connectivity index is 2.34. The second-order valence-electron chi connectivity index (χ2n) is 3.11. The van der Waals surface area contributed by atoms with Gasteiger partial charge in [0.05, 0.1) is 0 Å². The summed E-state index contributed by atoms with van der Waals surface area (Å²) in [6.45, 7) is 0.487. The molecule has 0 unspecified atom stereocenters. The van der Waals surface area contributed by atoms with Crippen molar-refractivity contribution in [2.45, 2.75) is 6.54 Å². The fourth-order valence-electron chi connectivity index (χ4n) is 1.36. The quantitative estimate of drug-likeness (QED) is 0.749. The smallest absolute Gasteiger partial charge is 0.123 e. The van der Waals surface area contributed by atoms with Gasteiger partial charge in [-0.2, -0.15) is 0 Å².